The standard InChI is InChI=1S/C20H16N4O4S/c1-27-12-6-7-13-11(8-17(25)28-16(13)9-12)10-29-20-22-19(26)18(23-24-20)14-4-2-3-5-15(14)21/h2-9H,10,21H2,1H3,(H,22,24,26). The average molecular weight is 408 g/mol. The molecule has 0 aliphatic carbocycles. The molecule has 4 rings (SSSR count). The van der Waals surface area contributed by atoms with Gasteiger partial charge >= 0.3 is 5.63 Å². The van der Waals surface area contributed by atoms with E-state index in [4.69, 9.17) is 14.9 Å². The molecule has 29 heavy (non-hydrogen) atoms. The molecule has 2 aromatic carbocycles. The molecular weight excluding hydrogens is 392 g/mol. The number of ether oxygens (including phenoxy) is 1. The van der Waals surface area contributed by atoms with Crippen molar-refractivity contribution in [1.82, 2.24) is 15.2 Å². The predicted octanol–water partition coefficient (Wildman–Crippen LogP) is 2.82. The van der Waals surface area contributed by atoms with E-state index in [0.29, 0.717) is 33.5 Å². The Hall–Kier alpha value is -3.59. The van der Waals surface area contributed by atoms with Gasteiger partial charge in [0, 0.05) is 34.5 Å². The van der Waals surface area contributed by atoms with Gasteiger partial charge in [0.05, 0.1) is 7.11 Å². The van der Waals surface area contributed by atoms with Gasteiger partial charge in [-0.15, -0.1) is 10.2 Å². The maximum atomic E-state index is 12.4. The van der Waals surface area contributed by atoms with Crippen LogP contribution in [0, 0.1) is 0 Å². The summed E-state index contributed by atoms with van der Waals surface area (Å²) in [6.45, 7) is 0. The quantitative estimate of drug-likeness (QED) is 0.293. The fourth-order valence-corrected chi connectivity index (χ4v) is 3.67. The lowest BCUT2D eigenvalue weighted by molar-refractivity contribution is 0.414. The van der Waals surface area contributed by atoms with E-state index in [-0.39, 0.29) is 11.3 Å². The number of hydrogen-bond acceptors (Lipinski definition) is 8. The molecule has 2 aromatic heterocycles. The number of rotatable bonds is 5. The summed E-state index contributed by atoms with van der Waals surface area (Å²) in [5.41, 5.74) is 7.38. The van der Waals surface area contributed by atoms with Gasteiger partial charge in [-0.05, 0) is 23.8 Å². The Bertz CT molecular complexity index is 1320. The molecule has 0 bridgehead atoms. The molecule has 3 N–H and O–H groups in total. The minimum atomic E-state index is -0.462. The summed E-state index contributed by atoms with van der Waals surface area (Å²) in [5, 5.41) is 9.23. The number of anilines is 1. The number of fused-ring (bicyclic) bond motifs is 1. The zero-order valence-corrected chi connectivity index (χ0v) is 16.2. The van der Waals surface area contributed by atoms with Crippen LogP contribution in [0.2, 0.25) is 0 Å². The predicted molar refractivity (Wildman–Crippen MR) is 111 cm³/mol. The van der Waals surface area contributed by atoms with Crippen LogP contribution in [0.4, 0.5) is 5.69 Å². The van der Waals surface area contributed by atoms with Gasteiger partial charge in [-0.3, -0.25) is 9.78 Å². The van der Waals surface area contributed by atoms with Gasteiger partial charge in [-0.1, -0.05) is 30.0 Å². The summed E-state index contributed by atoms with van der Waals surface area (Å²) >= 11 is 1.26. The second-order valence-electron chi connectivity index (χ2n) is 6.14. The first-order valence-corrected chi connectivity index (χ1v) is 9.59. The fourth-order valence-electron chi connectivity index (χ4n) is 2.88. The zero-order chi connectivity index (χ0) is 20.4. The van der Waals surface area contributed by atoms with Crippen molar-refractivity contribution in [3.05, 3.63) is 74.9 Å². The highest BCUT2D eigenvalue weighted by Crippen LogP contribution is 2.27. The molecule has 0 aliphatic rings. The van der Waals surface area contributed by atoms with Crippen molar-refractivity contribution in [2.24, 2.45) is 0 Å². The van der Waals surface area contributed by atoms with Crippen molar-refractivity contribution in [1.29, 1.82) is 0 Å². The van der Waals surface area contributed by atoms with Crippen LogP contribution in [-0.4, -0.2) is 22.3 Å². The number of hydrogen-bond donors (Lipinski definition) is 2. The number of thioether (sulfide) groups is 1. The van der Waals surface area contributed by atoms with Crippen LogP contribution < -0.4 is 21.7 Å². The van der Waals surface area contributed by atoms with Crippen LogP contribution in [0.15, 0.2) is 67.7 Å². The lowest BCUT2D eigenvalue weighted by Gasteiger charge is -2.07. The third-order valence-corrected chi connectivity index (χ3v) is 5.21. The third-order valence-electron chi connectivity index (χ3n) is 4.29. The largest absolute Gasteiger partial charge is 0.497 e. The van der Waals surface area contributed by atoms with E-state index in [9.17, 15) is 9.59 Å². The number of para-hydroxylation sites is 1. The van der Waals surface area contributed by atoms with Crippen LogP contribution in [0.5, 0.6) is 5.75 Å². The number of methoxy groups -OCH3 is 1. The van der Waals surface area contributed by atoms with E-state index in [1.54, 1.807) is 43.5 Å². The monoisotopic (exact) mass is 408 g/mol. The SMILES string of the molecule is COc1ccc2c(CSc3nnc(-c4ccccc4N)c(=O)[nH]3)cc(=O)oc2c1. The Balaban J connectivity index is 1.61. The highest BCUT2D eigenvalue weighted by atomic mass is 32.2. The highest BCUT2D eigenvalue weighted by Gasteiger charge is 2.12. The van der Waals surface area contributed by atoms with Crippen molar-refractivity contribution in [3.63, 3.8) is 0 Å². The fraction of sp³-hybridized carbons (Fsp3) is 0.100. The van der Waals surface area contributed by atoms with Crippen LogP contribution >= 0.6 is 11.8 Å². The van der Waals surface area contributed by atoms with Gasteiger partial charge < -0.3 is 14.9 Å². The molecule has 0 radical (unpaired) electrons. The molecule has 8 nitrogen and oxygen atoms in total. The van der Waals surface area contributed by atoms with E-state index in [2.05, 4.69) is 15.2 Å². The summed E-state index contributed by atoms with van der Waals surface area (Å²) in [7, 11) is 1.54. The summed E-state index contributed by atoms with van der Waals surface area (Å²) in [5.74, 6) is 0.989. The zero-order valence-electron chi connectivity index (χ0n) is 15.3. The molecule has 0 spiro atoms. The number of benzene rings is 2. The number of nitrogens with zero attached hydrogens (tertiary/aromatic N) is 2. The van der Waals surface area contributed by atoms with Crippen LogP contribution in [0.25, 0.3) is 22.2 Å². The molecule has 146 valence electrons. The van der Waals surface area contributed by atoms with E-state index >= 15 is 0 Å². The molecule has 2 heterocycles. The second-order valence-corrected chi connectivity index (χ2v) is 7.10. The molecule has 0 saturated carbocycles. The molecule has 0 aliphatic heterocycles. The van der Waals surface area contributed by atoms with E-state index in [1.807, 2.05) is 6.07 Å². The van der Waals surface area contributed by atoms with Crippen molar-refractivity contribution < 1.29 is 9.15 Å². The van der Waals surface area contributed by atoms with Gasteiger partial charge in [0.25, 0.3) is 5.56 Å². The molecule has 9 heteroatoms. The Labute approximate surface area is 168 Å². The molecule has 0 unspecified atom stereocenters. The first kappa shape index (κ1) is 18.8. The Morgan fingerprint density at radius 1 is 1.14 bits per heavy atom. The number of nitrogens with one attached hydrogen (secondary N) is 1. The Morgan fingerprint density at radius 2 is 1.97 bits per heavy atom. The molecule has 0 atom stereocenters. The minimum Gasteiger partial charge on any atom is -0.497 e. The Kier molecular flexibility index (Phi) is 5.05. The molecule has 0 fully saturated rings. The van der Waals surface area contributed by atoms with Crippen LogP contribution in [0.1, 0.15) is 5.56 Å². The first-order valence-electron chi connectivity index (χ1n) is 8.60. The maximum Gasteiger partial charge on any atom is 0.336 e. The molecule has 0 saturated heterocycles. The van der Waals surface area contributed by atoms with Gasteiger partial charge in [-0.2, -0.15) is 0 Å². The summed E-state index contributed by atoms with van der Waals surface area (Å²) < 4.78 is 10.4. The number of nitrogen functional groups attached to an aromatic ring is 1. The summed E-state index contributed by atoms with van der Waals surface area (Å²) in [4.78, 5) is 27.0. The molecular formula is C20H16N4O4S. The third kappa shape index (κ3) is 3.85. The maximum absolute atomic E-state index is 12.4. The number of H-pyrrole nitrogens is 1. The normalized spacial score (nSPS) is 10.9. The minimum absolute atomic E-state index is 0.158. The molecule has 0 amide bonds. The average Bonchev–Trinajstić information content (AvgIpc) is 2.72. The van der Waals surface area contributed by atoms with Crippen molar-refractivity contribution >= 4 is 28.4 Å². The van der Waals surface area contributed by atoms with Crippen molar-refractivity contribution in [2.75, 3.05) is 12.8 Å². The Morgan fingerprint density at radius 3 is 2.72 bits per heavy atom. The van der Waals surface area contributed by atoms with Gasteiger partial charge in [-0.25, -0.2) is 4.79 Å². The van der Waals surface area contributed by atoms with E-state index in [1.165, 1.54) is 17.8 Å². The lowest BCUT2D eigenvalue weighted by atomic mass is 10.1. The van der Waals surface area contributed by atoms with Crippen LogP contribution in [-0.2, 0) is 5.75 Å². The summed E-state index contributed by atoms with van der Waals surface area (Å²) in [6, 6.07) is 13.7. The van der Waals surface area contributed by atoms with Gasteiger partial charge in [0.1, 0.15) is 11.3 Å². The number of aromatic amines is 1. The van der Waals surface area contributed by atoms with Gasteiger partial charge in [0.15, 0.2) is 10.9 Å². The lowest BCUT2D eigenvalue weighted by Crippen LogP contribution is -2.15. The highest BCUT2D eigenvalue weighted by molar-refractivity contribution is 7.98. The van der Waals surface area contributed by atoms with Crippen molar-refractivity contribution in [2.45, 2.75) is 10.9 Å². The summed E-state index contributed by atoms with van der Waals surface area (Å²) in [6.07, 6.45) is 0. The smallest absolute Gasteiger partial charge is 0.336 e. The van der Waals surface area contributed by atoms with Gasteiger partial charge in [0.2, 0.25) is 0 Å². The van der Waals surface area contributed by atoms with Crippen molar-refractivity contribution in [3.8, 4) is 17.0 Å². The molecule has 4 aromatic rings. The van der Waals surface area contributed by atoms with E-state index < -0.39 is 5.63 Å². The second kappa shape index (κ2) is 7.80. The first-order chi connectivity index (χ1) is 14.0. The number of aromatic nitrogens is 3. The topological polar surface area (TPSA) is 124 Å². The van der Waals surface area contributed by atoms with E-state index in [0.717, 1.165) is 10.9 Å². The number of nitrogens with two attached hydrogens (primary N) is 1. The van der Waals surface area contributed by atoms with Crippen LogP contribution in [0.3, 0.4) is 0 Å².